The Morgan fingerprint density at radius 3 is 1.86 bits per heavy atom. The Morgan fingerprint density at radius 2 is 1.25 bits per heavy atom. The summed E-state index contributed by atoms with van der Waals surface area (Å²) in [7, 11) is -2.74. The van der Waals surface area contributed by atoms with Crippen LogP contribution in [-0.2, 0) is 0 Å². The summed E-state index contributed by atoms with van der Waals surface area (Å²) >= 11 is 0. The van der Waals surface area contributed by atoms with Gasteiger partial charge >= 0.3 is 8.32 Å². The minimum absolute atomic E-state index is 0.116. The molecule has 0 saturated carbocycles. The minimum atomic E-state index is -2.74. The third-order valence-corrected chi connectivity index (χ3v) is 11.5. The Hall–Kier alpha value is -4.02. The van der Waals surface area contributed by atoms with Crippen molar-refractivity contribution in [3.8, 4) is 5.75 Å². The Bertz CT molecular complexity index is 1440. The lowest BCUT2D eigenvalue weighted by Crippen LogP contribution is -2.68. The topological polar surface area (TPSA) is 34.5 Å². The van der Waals surface area contributed by atoms with E-state index in [1.54, 1.807) is 12.4 Å². The summed E-state index contributed by atoms with van der Waals surface area (Å²) in [5, 5.41) is 4.53. The Morgan fingerprint density at radius 1 is 0.667 bits per heavy atom. The maximum absolute atomic E-state index is 7.35. The van der Waals surface area contributed by atoms with Crippen LogP contribution in [0.5, 0.6) is 5.75 Å². The number of aromatic nitrogens is 1. The first-order valence-electron chi connectivity index (χ1n) is 12.2. The van der Waals surface area contributed by atoms with Gasteiger partial charge in [0.15, 0.2) is 0 Å². The summed E-state index contributed by atoms with van der Waals surface area (Å²) in [5.74, 6) is 0.891. The predicted octanol–water partition coefficient (Wildman–Crippen LogP) is 6.92. The summed E-state index contributed by atoms with van der Waals surface area (Å²) < 4.78 is 7.35. The Labute approximate surface area is 214 Å². The molecule has 0 radical (unpaired) electrons. The van der Waals surface area contributed by atoms with Gasteiger partial charge in [-0.2, -0.15) is 0 Å². The van der Waals surface area contributed by atoms with Gasteiger partial charge in [-0.25, -0.2) is 0 Å². The third-order valence-electron chi connectivity index (χ3n) is 6.60. The number of aliphatic imine (C=N–C) groups is 1. The SMILES string of the molecule is CC(C)(C)[Si](Oc1cccc2c(N=Cc3ccncc3)cccc12)(c1ccccc1)c1ccccc1. The minimum Gasteiger partial charge on any atom is -0.534 e. The van der Waals surface area contributed by atoms with Crippen molar-refractivity contribution in [3.63, 3.8) is 0 Å². The summed E-state index contributed by atoms with van der Waals surface area (Å²) in [6.07, 6.45) is 5.44. The van der Waals surface area contributed by atoms with Crippen molar-refractivity contribution in [2.24, 2.45) is 4.99 Å². The van der Waals surface area contributed by atoms with Gasteiger partial charge in [0.05, 0.1) is 5.69 Å². The lowest BCUT2D eigenvalue weighted by atomic mass is 10.1. The number of benzene rings is 4. The number of fused-ring (bicyclic) bond motifs is 1. The van der Waals surface area contributed by atoms with Crippen LogP contribution in [0.2, 0.25) is 5.04 Å². The van der Waals surface area contributed by atoms with Crippen molar-refractivity contribution in [2.75, 3.05) is 0 Å². The van der Waals surface area contributed by atoms with Crippen molar-refractivity contribution >= 4 is 41.4 Å². The first kappa shape index (κ1) is 23.7. The average molecular weight is 487 g/mol. The summed E-state index contributed by atoms with van der Waals surface area (Å²) in [6.45, 7) is 6.90. The van der Waals surface area contributed by atoms with E-state index in [-0.39, 0.29) is 5.04 Å². The van der Waals surface area contributed by atoms with Gasteiger partial charge in [-0.3, -0.25) is 9.98 Å². The molecule has 0 aliphatic carbocycles. The fourth-order valence-corrected chi connectivity index (χ4v) is 9.31. The summed E-state index contributed by atoms with van der Waals surface area (Å²) in [4.78, 5) is 8.90. The molecule has 4 heteroatoms. The molecule has 4 aromatic carbocycles. The second kappa shape index (κ2) is 9.92. The molecule has 3 nitrogen and oxygen atoms in total. The predicted molar refractivity (Wildman–Crippen MR) is 154 cm³/mol. The Kier molecular flexibility index (Phi) is 6.53. The molecule has 0 amide bonds. The van der Waals surface area contributed by atoms with Crippen molar-refractivity contribution in [3.05, 3.63) is 127 Å². The zero-order valence-electron chi connectivity index (χ0n) is 20.9. The van der Waals surface area contributed by atoms with Crippen LogP contribution < -0.4 is 14.8 Å². The van der Waals surface area contributed by atoms with Crippen LogP contribution in [0.1, 0.15) is 26.3 Å². The van der Waals surface area contributed by atoms with Crippen LogP contribution in [0.25, 0.3) is 10.8 Å². The lowest BCUT2D eigenvalue weighted by molar-refractivity contribution is 0.513. The van der Waals surface area contributed by atoms with Crippen molar-refractivity contribution in [1.82, 2.24) is 4.98 Å². The van der Waals surface area contributed by atoms with Gasteiger partial charge in [0.2, 0.25) is 0 Å². The largest absolute Gasteiger partial charge is 0.534 e. The van der Waals surface area contributed by atoms with Crippen LogP contribution in [0.4, 0.5) is 5.69 Å². The molecule has 0 saturated heterocycles. The van der Waals surface area contributed by atoms with E-state index in [0.717, 1.165) is 27.8 Å². The van der Waals surface area contributed by atoms with Gasteiger partial charge in [-0.15, -0.1) is 0 Å². The van der Waals surface area contributed by atoms with Crippen LogP contribution in [-0.4, -0.2) is 19.5 Å². The zero-order chi connectivity index (χ0) is 25.0. The first-order valence-corrected chi connectivity index (χ1v) is 14.2. The highest BCUT2D eigenvalue weighted by molar-refractivity contribution is 7.00. The second-order valence-electron chi connectivity index (χ2n) is 9.93. The molecule has 0 N–H and O–H groups in total. The molecule has 178 valence electrons. The number of nitrogens with zero attached hydrogens (tertiary/aromatic N) is 2. The Balaban J connectivity index is 1.67. The molecule has 0 aliphatic rings. The van der Waals surface area contributed by atoms with Gasteiger partial charge in [0, 0.05) is 29.4 Å². The fraction of sp³-hybridized carbons (Fsp3) is 0.125. The van der Waals surface area contributed by atoms with E-state index in [0.29, 0.717) is 0 Å². The standard InChI is InChI=1S/C32H30N2OSi/c1-32(2,3)36(26-12-6-4-7-13-26,27-14-8-5-9-15-27)35-31-19-11-16-28-29(31)17-10-18-30(28)34-24-25-20-22-33-23-21-25/h4-24H,1-3H3. The molecular weight excluding hydrogens is 456 g/mol. The van der Waals surface area contributed by atoms with Crippen molar-refractivity contribution in [1.29, 1.82) is 0 Å². The number of pyridine rings is 1. The van der Waals surface area contributed by atoms with E-state index in [1.807, 2.05) is 24.4 Å². The van der Waals surface area contributed by atoms with E-state index < -0.39 is 8.32 Å². The normalized spacial score (nSPS) is 12.2. The van der Waals surface area contributed by atoms with Crippen LogP contribution in [0.3, 0.4) is 0 Å². The molecule has 5 aromatic rings. The van der Waals surface area contributed by atoms with E-state index in [4.69, 9.17) is 9.42 Å². The van der Waals surface area contributed by atoms with Crippen molar-refractivity contribution in [2.45, 2.75) is 25.8 Å². The quantitative estimate of drug-likeness (QED) is 0.193. The van der Waals surface area contributed by atoms with Gasteiger partial charge in [-0.05, 0) is 45.2 Å². The molecule has 1 aromatic heterocycles. The monoisotopic (exact) mass is 486 g/mol. The molecule has 0 fully saturated rings. The molecule has 0 atom stereocenters. The molecule has 36 heavy (non-hydrogen) atoms. The van der Waals surface area contributed by atoms with Crippen LogP contribution in [0.15, 0.2) is 127 Å². The highest BCUT2D eigenvalue weighted by Crippen LogP contribution is 2.40. The number of hydrogen-bond donors (Lipinski definition) is 0. The van der Waals surface area contributed by atoms with Gasteiger partial charge in [-0.1, -0.05) is 106 Å². The highest BCUT2D eigenvalue weighted by atomic mass is 28.4. The van der Waals surface area contributed by atoms with Gasteiger partial charge < -0.3 is 4.43 Å². The van der Waals surface area contributed by atoms with Gasteiger partial charge in [0.1, 0.15) is 5.75 Å². The lowest BCUT2D eigenvalue weighted by Gasteiger charge is -2.43. The molecule has 5 rings (SSSR count). The molecule has 0 aliphatic heterocycles. The number of rotatable bonds is 6. The first-order chi connectivity index (χ1) is 17.5. The summed E-state index contributed by atoms with van der Waals surface area (Å²) in [5.41, 5.74) is 1.93. The maximum atomic E-state index is 7.35. The maximum Gasteiger partial charge on any atom is 0.319 e. The van der Waals surface area contributed by atoms with E-state index in [2.05, 4.69) is 117 Å². The third kappa shape index (κ3) is 4.48. The van der Waals surface area contributed by atoms with Crippen LogP contribution in [0, 0.1) is 0 Å². The number of hydrogen-bond acceptors (Lipinski definition) is 3. The molecular formula is C32H30N2OSi. The molecule has 0 unspecified atom stereocenters. The van der Waals surface area contributed by atoms with E-state index in [1.165, 1.54) is 10.4 Å². The van der Waals surface area contributed by atoms with Crippen molar-refractivity contribution < 1.29 is 4.43 Å². The summed E-state index contributed by atoms with van der Waals surface area (Å²) in [6, 6.07) is 37.9. The van der Waals surface area contributed by atoms with E-state index >= 15 is 0 Å². The average Bonchev–Trinajstić information content (AvgIpc) is 2.91. The molecule has 0 spiro atoms. The fourth-order valence-electron chi connectivity index (χ4n) is 4.87. The second-order valence-corrected chi connectivity index (χ2v) is 14.2. The van der Waals surface area contributed by atoms with Gasteiger partial charge in [0.25, 0.3) is 0 Å². The van der Waals surface area contributed by atoms with Crippen LogP contribution >= 0.6 is 0 Å². The zero-order valence-corrected chi connectivity index (χ0v) is 21.9. The molecule has 0 bridgehead atoms. The highest BCUT2D eigenvalue weighted by Gasteiger charge is 2.52. The molecule has 1 heterocycles. The smallest absolute Gasteiger partial charge is 0.319 e. The van der Waals surface area contributed by atoms with E-state index in [9.17, 15) is 0 Å².